The minimum atomic E-state index is -0.953. The van der Waals surface area contributed by atoms with Gasteiger partial charge in [0.15, 0.2) is 0 Å². The number of carbonyl (C=O) groups excluding carboxylic acids is 1. The van der Waals surface area contributed by atoms with Crippen molar-refractivity contribution in [1.82, 2.24) is 5.32 Å². The molecule has 5 nitrogen and oxygen atoms in total. The third kappa shape index (κ3) is 3.21. The number of carbonyl (C=O) groups is 2. The van der Waals surface area contributed by atoms with Gasteiger partial charge in [-0.05, 0) is 31.4 Å². The van der Waals surface area contributed by atoms with Crippen molar-refractivity contribution >= 4 is 17.7 Å². The van der Waals surface area contributed by atoms with Crippen molar-refractivity contribution in [3.8, 4) is 0 Å². The van der Waals surface area contributed by atoms with Crippen LogP contribution in [0, 0.1) is 5.82 Å². The average Bonchev–Trinajstić information content (AvgIpc) is 2.28. The Bertz CT molecular complexity index is 500. The first-order valence-electron chi connectivity index (χ1n) is 6.06. The monoisotopic (exact) mass is 266 g/mol. The van der Waals surface area contributed by atoms with E-state index in [0.29, 0.717) is 12.8 Å². The molecule has 6 heteroatoms. The molecule has 102 valence electrons. The van der Waals surface area contributed by atoms with Gasteiger partial charge in [-0.3, -0.25) is 4.79 Å². The molecule has 2 rings (SSSR count). The summed E-state index contributed by atoms with van der Waals surface area (Å²) in [5.41, 5.74) is -0.619. The van der Waals surface area contributed by atoms with Crippen molar-refractivity contribution in [3.05, 3.63) is 30.1 Å². The molecule has 0 aromatic heterocycles. The Kier molecular flexibility index (Phi) is 3.69. The molecule has 0 aliphatic heterocycles. The van der Waals surface area contributed by atoms with Gasteiger partial charge in [-0.25, -0.2) is 9.18 Å². The van der Waals surface area contributed by atoms with Gasteiger partial charge in [0.25, 0.3) is 0 Å². The predicted molar refractivity (Wildman–Crippen MR) is 67.4 cm³/mol. The van der Waals surface area contributed by atoms with Crippen LogP contribution in [0.25, 0.3) is 0 Å². The van der Waals surface area contributed by atoms with Crippen molar-refractivity contribution in [2.24, 2.45) is 0 Å². The Morgan fingerprint density at radius 2 is 2.00 bits per heavy atom. The summed E-state index contributed by atoms with van der Waals surface area (Å²) in [6.07, 6.45) is 2.03. The molecule has 1 aromatic rings. The van der Waals surface area contributed by atoms with Gasteiger partial charge in [-0.15, -0.1) is 0 Å². The second kappa shape index (κ2) is 5.26. The van der Waals surface area contributed by atoms with E-state index in [1.807, 2.05) is 0 Å². The standard InChI is InChI=1S/C13H15FN2O3/c14-9-4-1-2-5-10(9)15-12(19)16-13(6-3-7-13)8-11(17)18/h1-2,4-5H,3,6-8H2,(H,17,18)(H2,15,16,19). The van der Waals surface area contributed by atoms with Gasteiger partial charge in [0.2, 0.25) is 0 Å². The number of aliphatic carboxylic acids is 1. The molecule has 1 fully saturated rings. The maximum absolute atomic E-state index is 13.4. The highest BCUT2D eigenvalue weighted by Crippen LogP contribution is 2.35. The Balaban J connectivity index is 1.97. The molecule has 1 aliphatic rings. The Hall–Kier alpha value is -2.11. The lowest BCUT2D eigenvalue weighted by Crippen LogP contribution is -2.55. The zero-order chi connectivity index (χ0) is 13.9. The minimum Gasteiger partial charge on any atom is -0.481 e. The third-order valence-electron chi connectivity index (χ3n) is 3.30. The van der Waals surface area contributed by atoms with E-state index in [-0.39, 0.29) is 12.1 Å². The molecule has 1 aromatic carbocycles. The second-order valence-corrected chi connectivity index (χ2v) is 4.76. The van der Waals surface area contributed by atoms with E-state index in [0.717, 1.165) is 6.42 Å². The van der Waals surface area contributed by atoms with Gasteiger partial charge in [0.1, 0.15) is 5.82 Å². The predicted octanol–water partition coefficient (Wildman–Crippen LogP) is 2.34. The smallest absolute Gasteiger partial charge is 0.319 e. The molecular weight excluding hydrogens is 251 g/mol. The molecule has 0 radical (unpaired) electrons. The van der Waals surface area contributed by atoms with E-state index in [2.05, 4.69) is 10.6 Å². The summed E-state index contributed by atoms with van der Waals surface area (Å²) in [7, 11) is 0. The van der Waals surface area contributed by atoms with E-state index in [9.17, 15) is 14.0 Å². The van der Waals surface area contributed by atoms with Gasteiger partial charge < -0.3 is 15.7 Å². The van der Waals surface area contributed by atoms with Crippen LogP contribution in [0.1, 0.15) is 25.7 Å². The number of benzene rings is 1. The number of halogens is 1. The lowest BCUT2D eigenvalue weighted by molar-refractivity contribution is -0.139. The summed E-state index contributed by atoms with van der Waals surface area (Å²) in [4.78, 5) is 22.5. The maximum Gasteiger partial charge on any atom is 0.319 e. The van der Waals surface area contributed by atoms with E-state index in [1.54, 1.807) is 6.07 Å². The average molecular weight is 266 g/mol. The first-order chi connectivity index (χ1) is 9.01. The quantitative estimate of drug-likeness (QED) is 0.782. The Morgan fingerprint density at radius 3 is 2.53 bits per heavy atom. The summed E-state index contributed by atoms with van der Waals surface area (Å²) < 4.78 is 13.4. The van der Waals surface area contributed by atoms with Crippen LogP contribution in [0.4, 0.5) is 14.9 Å². The fourth-order valence-electron chi connectivity index (χ4n) is 2.20. The van der Waals surface area contributed by atoms with E-state index >= 15 is 0 Å². The molecule has 2 amide bonds. The number of carboxylic acids is 1. The molecule has 0 spiro atoms. The molecule has 0 atom stereocenters. The van der Waals surface area contributed by atoms with Gasteiger partial charge >= 0.3 is 12.0 Å². The maximum atomic E-state index is 13.4. The highest BCUT2D eigenvalue weighted by molar-refractivity contribution is 5.90. The zero-order valence-electron chi connectivity index (χ0n) is 10.3. The largest absolute Gasteiger partial charge is 0.481 e. The number of carboxylic acid groups (broad SMARTS) is 1. The number of nitrogens with one attached hydrogen (secondary N) is 2. The summed E-state index contributed by atoms with van der Waals surface area (Å²) in [5, 5.41) is 13.9. The molecular formula is C13H15FN2O3. The first-order valence-corrected chi connectivity index (χ1v) is 6.06. The van der Waals surface area contributed by atoms with Crippen LogP contribution in [-0.2, 0) is 4.79 Å². The van der Waals surface area contributed by atoms with Crippen LogP contribution in [-0.4, -0.2) is 22.6 Å². The Labute approximate surface area is 109 Å². The zero-order valence-corrected chi connectivity index (χ0v) is 10.3. The third-order valence-corrected chi connectivity index (χ3v) is 3.30. The highest BCUT2D eigenvalue weighted by Gasteiger charge is 2.40. The second-order valence-electron chi connectivity index (χ2n) is 4.76. The number of hydrogen-bond acceptors (Lipinski definition) is 2. The summed E-state index contributed by atoms with van der Waals surface area (Å²) in [6, 6.07) is 5.24. The number of amides is 2. The van der Waals surface area contributed by atoms with Gasteiger partial charge in [-0.2, -0.15) is 0 Å². The topological polar surface area (TPSA) is 78.4 Å². The molecule has 1 aliphatic carbocycles. The molecule has 0 unspecified atom stereocenters. The molecule has 3 N–H and O–H groups in total. The number of urea groups is 1. The van der Waals surface area contributed by atoms with E-state index in [1.165, 1.54) is 18.2 Å². The van der Waals surface area contributed by atoms with Crippen LogP contribution in [0.15, 0.2) is 24.3 Å². The first kappa shape index (κ1) is 13.3. The number of anilines is 1. The van der Waals surface area contributed by atoms with Crippen LogP contribution >= 0.6 is 0 Å². The van der Waals surface area contributed by atoms with Crippen molar-refractivity contribution in [3.63, 3.8) is 0 Å². The van der Waals surface area contributed by atoms with Crippen LogP contribution in [0.5, 0.6) is 0 Å². The minimum absolute atomic E-state index is 0.0739. The van der Waals surface area contributed by atoms with Gasteiger partial charge in [0, 0.05) is 0 Å². The molecule has 1 saturated carbocycles. The highest BCUT2D eigenvalue weighted by atomic mass is 19.1. The lowest BCUT2D eigenvalue weighted by atomic mass is 9.74. The fourth-order valence-corrected chi connectivity index (χ4v) is 2.20. The fraction of sp³-hybridized carbons (Fsp3) is 0.385. The number of rotatable bonds is 4. The summed E-state index contributed by atoms with van der Waals surface area (Å²) in [5.74, 6) is -1.48. The van der Waals surface area contributed by atoms with E-state index < -0.39 is 23.4 Å². The molecule has 19 heavy (non-hydrogen) atoms. The SMILES string of the molecule is O=C(O)CC1(NC(=O)Nc2ccccc2F)CCC1. The normalized spacial score (nSPS) is 16.3. The van der Waals surface area contributed by atoms with Crippen LogP contribution < -0.4 is 10.6 Å². The van der Waals surface area contributed by atoms with Crippen LogP contribution in [0.3, 0.4) is 0 Å². The molecule has 0 heterocycles. The number of para-hydroxylation sites is 1. The lowest BCUT2D eigenvalue weighted by Gasteiger charge is -2.41. The summed E-state index contributed by atoms with van der Waals surface area (Å²) in [6.45, 7) is 0. The number of hydrogen-bond donors (Lipinski definition) is 3. The Morgan fingerprint density at radius 1 is 1.32 bits per heavy atom. The van der Waals surface area contributed by atoms with Crippen molar-refractivity contribution < 1.29 is 19.1 Å². The van der Waals surface area contributed by atoms with Crippen molar-refractivity contribution in [1.29, 1.82) is 0 Å². The van der Waals surface area contributed by atoms with Gasteiger partial charge in [-0.1, -0.05) is 12.1 Å². The van der Waals surface area contributed by atoms with Crippen LogP contribution in [0.2, 0.25) is 0 Å². The van der Waals surface area contributed by atoms with Crippen molar-refractivity contribution in [2.75, 3.05) is 5.32 Å². The molecule has 0 bridgehead atoms. The van der Waals surface area contributed by atoms with E-state index in [4.69, 9.17) is 5.11 Å². The molecule has 0 saturated heterocycles. The van der Waals surface area contributed by atoms with Crippen molar-refractivity contribution in [2.45, 2.75) is 31.2 Å². The van der Waals surface area contributed by atoms with Gasteiger partial charge in [0.05, 0.1) is 17.6 Å². The summed E-state index contributed by atoms with van der Waals surface area (Å²) >= 11 is 0.